The molecule has 1 heterocycles. The third-order valence-electron chi connectivity index (χ3n) is 4.23. The van der Waals surface area contributed by atoms with Crippen LogP contribution in [0.4, 0.5) is 4.79 Å². The van der Waals surface area contributed by atoms with Gasteiger partial charge in [0, 0.05) is 18.1 Å². The largest absolute Gasteiger partial charge is 0.445 e. The zero-order chi connectivity index (χ0) is 17.6. The lowest BCUT2D eigenvalue weighted by atomic mass is 10.2. The number of hydrogen-bond donors (Lipinski definition) is 2. The number of ether oxygens (including phenoxy) is 1. The third kappa shape index (κ3) is 4.95. The van der Waals surface area contributed by atoms with E-state index < -0.39 is 12.2 Å². The number of halogens is 1. The minimum atomic E-state index is -0.614. The highest BCUT2D eigenvalue weighted by atomic mass is 35.5. The Balaban J connectivity index is 1.47. The number of nitrogens with zero attached hydrogens (tertiary/aromatic N) is 1. The fraction of sp³-hybridized carbons (Fsp3) is 0.316. The molecule has 1 fully saturated rings. The molecule has 1 aliphatic rings. The summed E-state index contributed by atoms with van der Waals surface area (Å²) >= 11 is 5.87. The number of carbonyl (C=O) groups is 1. The summed E-state index contributed by atoms with van der Waals surface area (Å²) in [6.45, 7) is 1.52. The average Bonchev–Trinajstić information content (AvgIpc) is 3.01. The molecule has 1 saturated heterocycles. The number of amides is 1. The van der Waals surface area contributed by atoms with Crippen LogP contribution < -0.4 is 5.32 Å². The quantitative estimate of drug-likeness (QED) is 0.860. The molecule has 0 aromatic heterocycles. The summed E-state index contributed by atoms with van der Waals surface area (Å²) in [5.41, 5.74) is 2.01. The van der Waals surface area contributed by atoms with Crippen molar-refractivity contribution >= 4 is 17.7 Å². The van der Waals surface area contributed by atoms with Gasteiger partial charge in [-0.1, -0.05) is 54.1 Å². The lowest BCUT2D eigenvalue weighted by Gasteiger charge is -2.17. The van der Waals surface area contributed by atoms with Crippen LogP contribution in [0.1, 0.15) is 11.1 Å². The van der Waals surface area contributed by atoms with E-state index in [1.807, 2.05) is 54.6 Å². The Hall–Kier alpha value is -2.08. The molecular formula is C19H21ClN2O3. The molecule has 0 saturated carbocycles. The van der Waals surface area contributed by atoms with E-state index in [2.05, 4.69) is 5.32 Å². The van der Waals surface area contributed by atoms with Crippen LogP contribution in [0.2, 0.25) is 5.02 Å². The van der Waals surface area contributed by atoms with Gasteiger partial charge in [-0.15, -0.1) is 0 Å². The van der Waals surface area contributed by atoms with E-state index in [-0.39, 0.29) is 19.2 Å². The van der Waals surface area contributed by atoms with E-state index in [0.717, 1.165) is 11.1 Å². The van der Waals surface area contributed by atoms with Gasteiger partial charge in [0.15, 0.2) is 0 Å². The smallest absolute Gasteiger partial charge is 0.410 e. The fourth-order valence-corrected chi connectivity index (χ4v) is 2.92. The van der Waals surface area contributed by atoms with Crippen LogP contribution in [0, 0.1) is 0 Å². The molecule has 0 spiro atoms. The lowest BCUT2D eigenvalue weighted by Crippen LogP contribution is -2.39. The fourth-order valence-electron chi connectivity index (χ4n) is 2.80. The van der Waals surface area contributed by atoms with Crippen LogP contribution in [0.5, 0.6) is 0 Å². The van der Waals surface area contributed by atoms with E-state index in [1.54, 1.807) is 0 Å². The van der Waals surface area contributed by atoms with Crippen LogP contribution in [0.15, 0.2) is 54.6 Å². The molecule has 2 N–H and O–H groups in total. The second-order valence-electron chi connectivity index (χ2n) is 6.13. The number of aliphatic hydroxyl groups is 1. The maximum absolute atomic E-state index is 12.2. The summed E-state index contributed by atoms with van der Waals surface area (Å²) in [5, 5.41) is 14.2. The zero-order valence-corrected chi connectivity index (χ0v) is 14.5. The molecular weight excluding hydrogens is 340 g/mol. The molecule has 132 valence electrons. The van der Waals surface area contributed by atoms with Crippen molar-refractivity contribution in [1.29, 1.82) is 0 Å². The van der Waals surface area contributed by atoms with E-state index in [9.17, 15) is 9.90 Å². The van der Waals surface area contributed by atoms with Crippen molar-refractivity contribution in [2.24, 2.45) is 0 Å². The molecule has 2 atom stereocenters. The molecule has 0 unspecified atom stereocenters. The first-order valence-electron chi connectivity index (χ1n) is 8.23. The highest BCUT2D eigenvalue weighted by Crippen LogP contribution is 2.14. The van der Waals surface area contributed by atoms with Crippen molar-refractivity contribution in [3.05, 3.63) is 70.7 Å². The summed E-state index contributed by atoms with van der Waals surface area (Å²) in [7, 11) is 0. The Morgan fingerprint density at radius 2 is 1.84 bits per heavy atom. The van der Waals surface area contributed by atoms with Crippen LogP contribution in [0.25, 0.3) is 0 Å². The van der Waals surface area contributed by atoms with E-state index in [1.165, 1.54) is 4.90 Å². The van der Waals surface area contributed by atoms with Gasteiger partial charge >= 0.3 is 6.09 Å². The number of aliphatic hydroxyl groups excluding tert-OH is 1. The van der Waals surface area contributed by atoms with Gasteiger partial charge in [-0.05, 0) is 23.3 Å². The first kappa shape index (κ1) is 17.7. The van der Waals surface area contributed by atoms with E-state index in [0.29, 0.717) is 18.1 Å². The van der Waals surface area contributed by atoms with Gasteiger partial charge in [-0.3, -0.25) is 0 Å². The first-order chi connectivity index (χ1) is 12.1. The summed E-state index contributed by atoms with van der Waals surface area (Å²) in [6.07, 6.45) is -1.02. The van der Waals surface area contributed by atoms with Gasteiger partial charge in [-0.25, -0.2) is 4.79 Å². The molecule has 2 aromatic carbocycles. The number of rotatable bonds is 5. The summed E-state index contributed by atoms with van der Waals surface area (Å²) in [4.78, 5) is 13.7. The van der Waals surface area contributed by atoms with Gasteiger partial charge in [0.05, 0.1) is 18.7 Å². The second-order valence-corrected chi connectivity index (χ2v) is 6.56. The first-order valence-corrected chi connectivity index (χ1v) is 8.61. The zero-order valence-electron chi connectivity index (χ0n) is 13.8. The van der Waals surface area contributed by atoms with E-state index >= 15 is 0 Å². The highest BCUT2D eigenvalue weighted by molar-refractivity contribution is 6.30. The molecule has 0 radical (unpaired) electrons. The Labute approximate surface area is 152 Å². The third-order valence-corrected chi connectivity index (χ3v) is 4.49. The average molecular weight is 361 g/mol. The van der Waals surface area contributed by atoms with Crippen LogP contribution >= 0.6 is 11.6 Å². The van der Waals surface area contributed by atoms with Gasteiger partial charge in [0.1, 0.15) is 6.61 Å². The normalized spacial score (nSPS) is 19.8. The number of carbonyl (C=O) groups excluding carboxylic acids is 1. The van der Waals surface area contributed by atoms with Crippen molar-refractivity contribution in [1.82, 2.24) is 10.2 Å². The SMILES string of the molecule is O=C(OCc1ccccc1)N1C[C@H](NCc2ccc(Cl)cc2)[C@@H](O)C1. The van der Waals surface area contributed by atoms with Gasteiger partial charge in [0.2, 0.25) is 0 Å². The Kier molecular flexibility index (Phi) is 5.91. The summed E-state index contributed by atoms with van der Waals surface area (Å²) < 4.78 is 5.32. The van der Waals surface area contributed by atoms with Crippen LogP contribution in [0.3, 0.4) is 0 Å². The maximum Gasteiger partial charge on any atom is 0.410 e. The van der Waals surface area contributed by atoms with Gasteiger partial charge in [0.25, 0.3) is 0 Å². The lowest BCUT2D eigenvalue weighted by molar-refractivity contribution is 0.0969. The molecule has 3 rings (SSSR count). The summed E-state index contributed by atoms with van der Waals surface area (Å²) in [6, 6.07) is 16.9. The number of β-amino-alcohol motifs (C(OH)–C–C–N with tert-alkyl or cyclic N) is 1. The van der Waals surface area contributed by atoms with Gasteiger partial charge < -0.3 is 20.1 Å². The Morgan fingerprint density at radius 1 is 1.12 bits per heavy atom. The molecule has 1 amide bonds. The molecule has 0 aliphatic carbocycles. The predicted molar refractivity (Wildman–Crippen MR) is 96.3 cm³/mol. The molecule has 1 aliphatic heterocycles. The van der Waals surface area contributed by atoms with Crippen LogP contribution in [-0.4, -0.2) is 41.3 Å². The predicted octanol–water partition coefficient (Wildman–Crippen LogP) is 2.81. The number of nitrogens with one attached hydrogen (secondary N) is 1. The van der Waals surface area contributed by atoms with Crippen molar-refractivity contribution in [2.45, 2.75) is 25.3 Å². The molecule has 5 nitrogen and oxygen atoms in total. The monoisotopic (exact) mass is 360 g/mol. The second kappa shape index (κ2) is 8.34. The van der Waals surface area contributed by atoms with Crippen molar-refractivity contribution in [2.75, 3.05) is 13.1 Å². The Bertz CT molecular complexity index is 694. The molecule has 0 bridgehead atoms. The molecule has 25 heavy (non-hydrogen) atoms. The minimum Gasteiger partial charge on any atom is -0.445 e. The van der Waals surface area contributed by atoms with Crippen molar-refractivity contribution < 1.29 is 14.6 Å². The van der Waals surface area contributed by atoms with E-state index in [4.69, 9.17) is 16.3 Å². The van der Waals surface area contributed by atoms with Crippen LogP contribution in [-0.2, 0) is 17.9 Å². The van der Waals surface area contributed by atoms with Crippen molar-refractivity contribution in [3.63, 3.8) is 0 Å². The number of hydrogen-bond acceptors (Lipinski definition) is 4. The Morgan fingerprint density at radius 3 is 2.56 bits per heavy atom. The molecule has 2 aromatic rings. The van der Waals surface area contributed by atoms with Crippen molar-refractivity contribution in [3.8, 4) is 0 Å². The summed E-state index contributed by atoms with van der Waals surface area (Å²) in [5.74, 6) is 0. The standard InChI is InChI=1S/C19H21ClN2O3/c20-16-8-6-14(7-9-16)10-21-17-11-22(12-18(17)23)19(24)25-13-15-4-2-1-3-5-15/h1-9,17-18,21,23H,10-13H2/t17-,18-/m0/s1. The topological polar surface area (TPSA) is 61.8 Å². The highest BCUT2D eigenvalue weighted by Gasteiger charge is 2.34. The number of benzene rings is 2. The maximum atomic E-state index is 12.2. The number of likely N-dealkylation sites (tertiary alicyclic amines) is 1. The van der Waals surface area contributed by atoms with Gasteiger partial charge in [-0.2, -0.15) is 0 Å². The molecule has 6 heteroatoms. The minimum absolute atomic E-state index is 0.181.